The first-order valence-corrected chi connectivity index (χ1v) is 3.36. The van der Waals surface area contributed by atoms with Gasteiger partial charge in [-0.15, -0.1) is 0 Å². The zero-order valence-corrected chi connectivity index (χ0v) is 5.91. The van der Waals surface area contributed by atoms with Crippen LogP contribution in [0.5, 0.6) is 0 Å². The average Bonchev–Trinajstić information content (AvgIpc) is 2.15. The molecule has 1 aliphatic heterocycles. The molecule has 0 spiro atoms. The molecule has 0 radical (unpaired) electrons. The number of hydrogen-bond acceptors (Lipinski definition) is 3. The van der Waals surface area contributed by atoms with Crippen molar-refractivity contribution < 1.29 is 4.74 Å². The molecule has 1 saturated heterocycles. The van der Waals surface area contributed by atoms with Crippen LogP contribution >= 0.6 is 12.2 Å². The van der Waals surface area contributed by atoms with E-state index in [2.05, 4.69) is 17.5 Å². The summed E-state index contributed by atoms with van der Waals surface area (Å²) in [7, 11) is 0. The predicted molar refractivity (Wildman–Crippen MR) is 46.3 cm³/mol. The number of nitrogens with two attached hydrogens (primary N) is 1. The molecule has 54 valence electrons. The van der Waals surface area contributed by atoms with Crippen molar-refractivity contribution in [3.8, 4) is 0 Å². The van der Waals surface area contributed by atoms with Crippen LogP contribution in [0.4, 0.5) is 0 Å². The first kappa shape index (κ1) is 10.7. The quantitative estimate of drug-likeness (QED) is 0.390. The van der Waals surface area contributed by atoms with Crippen LogP contribution in [0.25, 0.3) is 0 Å². The molecular formula is C5H11N2NaOS. The molecule has 0 saturated carbocycles. The monoisotopic (exact) mass is 170 g/mol. The molecule has 0 aliphatic carbocycles. The van der Waals surface area contributed by atoms with E-state index in [9.17, 15) is 0 Å². The summed E-state index contributed by atoms with van der Waals surface area (Å²) in [6.07, 6.45) is 1.22. The molecule has 0 amide bonds. The Kier molecular flexibility index (Phi) is 5.67. The van der Waals surface area contributed by atoms with Crippen molar-refractivity contribution in [1.82, 2.24) is 5.32 Å². The Hall–Kier alpha value is 0.650. The van der Waals surface area contributed by atoms with Crippen molar-refractivity contribution in [2.24, 2.45) is 5.73 Å². The molecule has 1 heterocycles. The standard InChI is InChI=1S/C5H10N2OS.Na.H/c6-5(9)8-4-1-2-7-3-4;;/h4,7H,1-3H2,(H2,6,9);;/t4-;;/m1../s1. The summed E-state index contributed by atoms with van der Waals surface area (Å²) in [4.78, 5) is 0. The Morgan fingerprint density at radius 3 is 2.80 bits per heavy atom. The molecule has 3 N–H and O–H groups in total. The van der Waals surface area contributed by atoms with E-state index in [1.165, 1.54) is 0 Å². The van der Waals surface area contributed by atoms with Crippen LogP contribution in [-0.4, -0.2) is 53.9 Å². The maximum absolute atomic E-state index is 5.15. The van der Waals surface area contributed by atoms with Crippen molar-refractivity contribution in [3.63, 3.8) is 0 Å². The van der Waals surface area contributed by atoms with E-state index >= 15 is 0 Å². The number of thiocarbonyl (C=S) groups is 1. The van der Waals surface area contributed by atoms with Crippen molar-refractivity contribution in [2.75, 3.05) is 13.1 Å². The molecule has 0 aromatic rings. The molecule has 1 rings (SSSR count). The number of ether oxygens (including phenoxy) is 1. The van der Waals surface area contributed by atoms with Gasteiger partial charge in [-0.25, -0.2) is 0 Å². The average molecular weight is 170 g/mol. The number of hydrogen-bond donors (Lipinski definition) is 2. The Morgan fingerprint density at radius 1 is 1.70 bits per heavy atom. The molecule has 0 unspecified atom stereocenters. The molecule has 0 aromatic carbocycles. The molecule has 3 nitrogen and oxygen atoms in total. The van der Waals surface area contributed by atoms with E-state index in [-0.39, 0.29) is 40.8 Å². The molecule has 1 fully saturated rings. The SMILES string of the molecule is NC(=S)O[C@@H]1CCNC1.[NaH]. The van der Waals surface area contributed by atoms with Gasteiger partial charge >= 0.3 is 29.6 Å². The van der Waals surface area contributed by atoms with E-state index in [1.54, 1.807) is 0 Å². The molecule has 1 aliphatic rings. The van der Waals surface area contributed by atoms with E-state index in [0.29, 0.717) is 0 Å². The third-order valence-electron chi connectivity index (χ3n) is 1.30. The van der Waals surface area contributed by atoms with Gasteiger partial charge in [0.25, 0.3) is 5.17 Å². The summed E-state index contributed by atoms with van der Waals surface area (Å²) in [5.74, 6) is 0. The van der Waals surface area contributed by atoms with Gasteiger partial charge in [0, 0.05) is 6.54 Å². The molecular weight excluding hydrogens is 159 g/mol. The molecule has 0 bridgehead atoms. The van der Waals surface area contributed by atoms with Gasteiger partial charge in [0.1, 0.15) is 6.10 Å². The maximum atomic E-state index is 5.15. The molecule has 5 heteroatoms. The van der Waals surface area contributed by atoms with Crippen molar-refractivity contribution in [2.45, 2.75) is 12.5 Å². The van der Waals surface area contributed by atoms with Crippen LogP contribution < -0.4 is 11.1 Å². The fourth-order valence-corrected chi connectivity index (χ4v) is 1.03. The topological polar surface area (TPSA) is 47.3 Å². The first-order chi connectivity index (χ1) is 4.29. The van der Waals surface area contributed by atoms with E-state index in [4.69, 9.17) is 10.5 Å². The Bertz CT molecular complexity index is 116. The summed E-state index contributed by atoms with van der Waals surface area (Å²) in [5, 5.41) is 3.29. The summed E-state index contributed by atoms with van der Waals surface area (Å²) in [5.41, 5.74) is 5.15. The number of rotatable bonds is 1. The number of nitrogens with one attached hydrogen (secondary N) is 1. The fourth-order valence-electron chi connectivity index (χ4n) is 0.893. The fraction of sp³-hybridized carbons (Fsp3) is 0.800. The first-order valence-electron chi connectivity index (χ1n) is 2.96. The summed E-state index contributed by atoms with van der Waals surface area (Å²) in [6, 6.07) is 0. The van der Waals surface area contributed by atoms with Gasteiger partial charge in [-0.1, -0.05) is 0 Å². The Morgan fingerprint density at radius 2 is 2.40 bits per heavy atom. The van der Waals surface area contributed by atoms with Gasteiger partial charge < -0.3 is 15.8 Å². The van der Waals surface area contributed by atoms with Crippen LogP contribution in [-0.2, 0) is 4.74 Å². The second-order valence-electron chi connectivity index (χ2n) is 2.05. The zero-order chi connectivity index (χ0) is 6.69. The molecule has 10 heavy (non-hydrogen) atoms. The Balaban J connectivity index is 0.000000810. The van der Waals surface area contributed by atoms with Crippen molar-refractivity contribution >= 4 is 46.9 Å². The van der Waals surface area contributed by atoms with Crippen LogP contribution in [0.1, 0.15) is 6.42 Å². The summed E-state index contributed by atoms with van der Waals surface area (Å²) >= 11 is 4.56. The third kappa shape index (κ3) is 3.73. The van der Waals surface area contributed by atoms with E-state index < -0.39 is 0 Å². The van der Waals surface area contributed by atoms with Crippen molar-refractivity contribution in [1.29, 1.82) is 0 Å². The zero-order valence-electron chi connectivity index (χ0n) is 5.09. The van der Waals surface area contributed by atoms with Crippen LogP contribution in [0, 0.1) is 0 Å². The van der Waals surface area contributed by atoms with E-state index in [0.717, 1.165) is 19.5 Å². The second-order valence-corrected chi connectivity index (χ2v) is 2.45. The van der Waals surface area contributed by atoms with Crippen LogP contribution in [0.3, 0.4) is 0 Å². The van der Waals surface area contributed by atoms with E-state index in [1.807, 2.05) is 0 Å². The van der Waals surface area contributed by atoms with Gasteiger partial charge in [0.05, 0.1) is 0 Å². The van der Waals surface area contributed by atoms with Gasteiger partial charge in [0.2, 0.25) is 0 Å². The van der Waals surface area contributed by atoms with Gasteiger partial charge in [0.15, 0.2) is 0 Å². The van der Waals surface area contributed by atoms with Crippen molar-refractivity contribution in [3.05, 3.63) is 0 Å². The van der Waals surface area contributed by atoms with Gasteiger partial charge in [-0.3, -0.25) is 0 Å². The molecule has 0 aromatic heterocycles. The van der Waals surface area contributed by atoms with Gasteiger partial charge in [-0.05, 0) is 25.2 Å². The minimum atomic E-state index is 0. The normalized spacial score (nSPS) is 23.4. The van der Waals surface area contributed by atoms with Crippen LogP contribution in [0.2, 0.25) is 0 Å². The van der Waals surface area contributed by atoms with Gasteiger partial charge in [-0.2, -0.15) is 0 Å². The van der Waals surface area contributed by atoms with Crippen LogP contribution in [0.15, 0.2) is 0 Å². The third-order valence-corrected chi connectivity index (χ3v) is 1.39. The predicted octanol–water partition coefficient (Wildman–Crippen LogP) is -1.04. The summed E-state index contributed by atoms with van der Waals surface area (Å²) < 4.78 is 5.06. The minimum absolute atomic E-state index is 0. The second kappa shape index (κ2) is 5.32. The Labute approximate surface area is 88.0 Å². The molecule has 1 atom stereocenters. The summed E-state index contributed by atoms with van der Waals surface area (Å²) in [6.45, 7) is 1.88.